The molecular formula is C20H17ClN2O3S. The molecule has 0 aliphatic heterocycles. The van der Waals surface area contributed by atoms with Crippen LogP contribution in [0.15, 0.2) is 77.7 Å². The van der Waals surface area contributed by atoms with Crippen molar-refractivity contribution in [1.29, 1.82) is 0 Å². The maximum absolute atomic E-state index is 12.4. The average Bonchev–Trinajstić information content (AvgIpc) is 2.62. The Balaban J connectivity index is 1.74. The zero-order valence-corrected chi connectivity index (χ0v) is 16.0. The molecule has 3 aromatic rings. The minimum Gasteiger partial charge on any atom is -0.322 e. The van der Waals surface area contributed by atoms with Gasteiger partial charge in [0.1, 0.15) is 0 Å². The van der Waals surface area contributed by atoms with Gasteiger partial charge >= 0.3 is 0 Å². The van der Waals surface area contributed by atoms with Crippen molar-refractivity contribution in [3.05, 3.63) is 88.9 Å². The first-order valence-corrected chi connectivity index (χ1v) is 9.97. The molecule has 0 bridgehead atoms. The molecule has 27 heavy (non-hydrogen) atoms. The summed E-state index contributed by atoms with van der Waals surface area (Å²) in [6.07, 6.45) is 0. The second-order valence-electron chi connectivity index (χ2n) is 5.91. The number of hydrogen-bond donors (Lipinski definition) is 2. The van der Waals surface area contributed by atoms with Crippen molar-refractivity contribution in [2.24, 2.45) is 0 Å². The van der Waals surface area contributed by atoms with Gasteiger partial charge in [0, 0.05) is 22.0 Å². The van der Waals surface area contributed by atoms with E-state index in [1.165, 1.54) is 12.1 Å². The highest BCUT2D eigenvalue weighted by molar-refractivity contribution is 7.92. The molecule has 0 saturated heterocycles. The van der Waals surface area contributed by atoms with Crippen LogP contribution in [0.2, 0.25) is 5.02 Å². The number of aryl methyl sites for hydroxylation is 1. The number of rotatable bonds is 5. The summed E-state index contributed by atoms with van der Waals surface area (Å²) in [7, 11) is -3.70. The van der Waals surface area contributed by atoms with Crippen LogP contribution in [-0.2, 0) is 10.0 Å². The van der Waals surface area contributed by atoms with Crippen LogP contribution in [0.25, 0.3) is 0 Å². The van der Waals surface area contributed by atoms with E-state index in [2.05, 4.69) is 10.0 Å². The molecule has 138 valence electrons. The third-order valence-electron chi connectivity index (χ3n) is 3.88. The second-order valence-corrected chi connectivity index (χ2v) is 8.03. The largest absolute Gasteiger partial charge is 0.322 e. The van der Waals surface area contributed by atoms with Gasteiger partial charge in [0.15, 0.2) is 0 Å². The van der Waals surface area contributed by atoms with Crippen molar-refractivity contribution in [2.45, 2.75) is 11.8 Å². The van der Waals surface area contributed by atoms with E-state index >= 15 is 0 Å². The number of amides is 1. The molecule has 5 nitrogen and oxygen atoms in total. The number of nitrogens with one attached hydrogen (secondary N) is 2. The van der Waals surface area contributed by atoms with E-state index < -0.39 is 10.0 Å². The van der Waals surface area contributed by atoms with Crippen molar-refractivity contribution in [1.82, 2.24) is 0 Å². The highest BCUT2D eigenvalue weighted by Gasteiger charge is 2.15. The van der Waals surface area contributed by atoms with Crippen LogP contribution in [0, 0.1) is 6.92 Å². The number of halogens is 1. The number of para-hydroxylation sites is 1. The summed E-state index contributed by atoms with van der Waals surface area (Å²) in [5.74, 6) is -0.290. The van der Waals surface area contributed by atoms with Gasteiger partial charge < -0.3 is 5.32 Å². The molecule has 0 spiro atoms. The van der Waals surface area contributed by atoms with Gasteiger partial charge in [-0.1, -0.05) is 29.8 Å². The zero-order chi connectivity index (χ0) is 19.4. The molecule has 0 atom stereocenters. The zero-order valence-electron chi connectivity index (χ0n) is 14.4. The first kappa shape index (κ1) is 18.9. The van der Waals surface area contributed by atoms with Crippen LogP contribution < -0.4 is 10.0 Å². The van der Waals surface area contributed by atoms with Crippen molar-refractivity contribution in [3.8, 4) is 0 Å². The van der Waals surface area contributed by atoms with E-state index in [4.69, 9.17) is 11.6 Å². The third-order valence-corrected chi connectivity index (χ3v) is 5.51. The molecule has 0 aromatic heterocycles. The minimum atomic E-state index is -3.70. The fraction of sp³-hybridized carbons (Fsp3) is 0.0500. The van der Waals surface area contributed by atoms with E-state index in [0.717, 1.165) is 5.56 Å². The smallest absolute Gasteiger partial charge is 0.261 e. The molecule has 0 saturated carbocycles. The minimum absolute atomic E-state index is 0.104. The summed E-state index contributed by atoms with van der Waals surface area (Å²) in [6, 6.07) is 19.6. The SMILES string of the molecule is Cc1cc(Cl)ccc1C(=O)Nc1ccc(S(=O)(=O)Nc2ccccc2)cc1. The van der Waals surface area contributed by atoms with Gasteiger partial charge in [-0.3, -0.25) is 9.52 Å². The topological polar surface area (TPSA) is 75.3 Å². The first-order chi connectivity index (χ1) is 12.8. The average molecular weight is 401 g/mol. The first-order valence-electron chi connectivity index (χ1n) is 8.10. The van der Waals surface area contributed by atoms with E-state index in [9.17, 15) is 13.2 Å². The van der Waals surface area contributed by atoms with Crippen molar-refractivity contribution >= 4 is 38.9 Å². The maximum atomic E-state index is 12.4. The van der Waals surface area contributed by atoms with Crippen LogP contribution in [0.4, 0.5) is 11.4 Å². The number of sulfonamides is 1. The molecule has 0 fully saturated rings. The Kier molecular flexibility index (Phi) is 5.48. The highest BCUT2D eigenvalue weighted by atomic mass is 35.5. The third kappa shape index (κ3) is 4.67. The quantitative estimate of drug-likeness (QED) is 0.651. The van der Waals surface area contributed by atoms with E-state index in [1.54, 1.807) is 67.6 Å². The van der Waals surface area contributed by atoms with Gasteiger partial charge in [-0.15, -0.1) is 0 Å². The van der Waals surface area contributed by atoms with Crippen LogP contribution >= 0.6 is 11.6 Å². The van der Waals surface area contributed by atoms with Crippen molar-refractivity contribution in [2.75, 3.05) is 10.0 Å². The number of carbonyl (C=O) groups excluding carboxylic acids is 1. The summed E-state index contributed by atoms with van der Waals surface area (Å²) in [5.41, 5.74) is 2.23. The summed E-state index contributed by atoms with van der Waals surface area (Å²) >= 11 is 5.91. The molecule has 0 heterocycles. The number of anilines is 2. The van der Waals surface area contributed by atoms with Crippen LogP contribution in [0.5, 0.6) is 0 Å². The maximum Gasteiger partial charge on any atom is 0.261 e. The van der Waals surface area contributed by atoms with E-state index in [-0.39, 0.29) is 10.8 Å². The molecule has 2 N–H and O–H groups in total. The lowest BCUT2D eigenvalue weighted by molar-refractivity contribution is 0.102. The van der Waals surface area contributed by atoms with Gasteiger partial charge in [0.25, 0.3) is 15.9 Å². The molecule has 7 heteroatoms. The molecule has 0 radical (unpaired) electrons. The van der Waals surface area contributed by atoms with Gasteiger partial charge in [-0.25, -0.2) is 8.42 Å². The van der Waals surface area contributed by atoms with Crippen molar-refractivity contribution in [3.63, 3.8) is 0 Å². The van der Waals surface area contributed by atoms with Crippen LogP contribution in [0.3, 0.4) is 0 Å². The molecule has 1 amide bonds. The van der Waals surface area contributed by atoms with Gasteiger partial charge in [0.05, 0.1) is 4.90 Å². The number of hydrogen-bond acceptors (Lipinski definition) is 3. The lowest BCUT2D eigenvalue weighted by Crippen LogP contribution is -2.14. The van der Waals surface area contributed by atoms with Crippen LogP contribution in [0.1, 0.15) is 15.9 Å². The standard InChI is InChI=1S/C20H17ClN2O3S/c1-14-13-15(21)7-12-19(14)20(24)22-16-8-10-18(11-9-16)27(25,26)23-17-5-3-2-4-6-17/h2-13,23H,1H3,(H,22,24). The fourth-order valence-electron chi connectivity index (χ4n) is 2.52. The number of benzene rings is 3. The Hall–Kier alpha value is -2.83. The van der Waals surface area contributed by atoms with Crippen molar-refractivity contribution < 1.29 is 13.2 Å². The summed E-state index contributed by atoms with van der Waals surface area (Å²) in [5, 5.41) is 3.31. The van der Waals surface area contributed by atoms with Gasteiger partial charge in [-0.2, -0.15) is 0 Å². The highest BCUT2D eigenvalue weighted by Crippen LogP contribution is 2.20. The summed E-state index contributed by atoms with van der Waals surface area (Å²) in [4.78, 5) is 12.5. The molecule has 3 aromatic carbocycles. The molecular weight excluding hydrogens is 384 g/mol. The summed E-state index contributed by atoms with van der Waals surface area (Å²) < 4.78 is 27.4. The number of carbonyl (C=O) groups is 1. The molecule has 0 unspecified atom stereocenters. The predicted molar refractivity (Wildman–Crippen MR) is 108 cm³/mol. The Labute approximate surface area is 163 Å². The second kappa shape index (κ2) is 7.82. The summed E-state index contributed by atoms with van der Waals surface area (Å²) in [6.45, 7) is 1.80. The molecule has 0 aliphatic rings. The predicted octanol–water partition coefficient (Wildman–Crippen LogP) is 4.70. The Morgan fingerprint density at radius 2 is 1.56 bits per heavy atom. The van der Waals surface area contributed by atoms with E-state index in [0.29, 0.717) is 22.0 Å². The van der Waals surface area contributed by atoms with Crippen LogP contribution in [-0.4, -0.2) is 14.3 Å². The fourth-order valence-corrected chi connectivity index (χ4v) is 3.80. The Bertz CT molecular complexity index is 1070. The molecule has 0 aliphatic carbocycles. The van der Waals surface area contributed by atoms with E-state index in [1.807, 2.05) is 0 Å². The monoisotopic (exact) mass is 400 g/mol. The van der Waals surface area contributed by atoms with Gasteiger partial charge in [-0.05, 0) is 67.1 Å². The normalized spacial score (nSPS) is 11.0. The molecule has 3 rings (SSSR count). The lowest BCUT2D eigenvalue weighted by atomic mass is 10.1. The van der Waals surface area contributed by atoms with Gasteiger partial charge in [0.2, 0.25) is 0 Å². The Morgan fingerprint density at radius 1 is 0.889 bits per heavy atom. The lowest BCUT2D eigenvalue weighted by Gasteiger charge is -2.10. The Morgan fingerprint density at radius 3 is 2.19 bits per heavy atom.